The van der Waals surface area contributed by atoms with Crippen LogP contribution in [0.15, 0.2) is 53.4 Å². The van der Waals surface area contributed by atoms with Gasteiger partial charge in [0.15, 0.2) is 0 Å². The van der Waals surface area contributed by atoms with Crippen LogP contribution in [0.3, 0.4) is 0 Å². The van der Waals surface area contributed by atoms with Gasteiger partial charge in [0.1, 0.15) is 10.6 Å². The zero-order chi connectivity index (χ0) is 16.9. The van der Waals surface area contributed by atoms with E-state index in [0.29, 0.717) is 11.3 Å². The minimum absolute atomic E-state index is 0.198. The van der Waals surface area contributed by atoms with Crippen molar-refractivity contribution in [2.24, 2.45) is 0 Å². The number of hydrogen-bond donors (Lipinski definition) is 0. The predicted molar refractivity (Wildman–Crippen MR) is 94.1 cm³/mol. The lowest BCUT2D eigenvalue weighted by Gasteiger charge is -2.12. The highest BCUT2D eigenvalue weighted by Gasteiger charge is 2.20. The van der Waals surface area contributed by atoms with Crippen molar-refractivity contribution >= 4 is 16.2 Å². The molecule has 2 aromatic rings. The standard InChI is InChI=1S/C19H22O3S/c1-4-8-16-12-13-18(17(14-16)9-5-2)22-23(20,21)19-11-7-6-10-15(19)3/h5-7,9-14H,4,8H2,1-3H3. The van der Waals surface area contributed by atoms with Crippen LogP contribution in [0.2, 0.25) is 0 Å². The summed E-state index contributed by atoms with van der Waals surface area (Å²) in [6.45, 7) is 5.77. The quantitative estimate of drug-likeness (QED) is 0.718. The molecule has 0 amide bonds. The van der Waals surface area contributed by atoms with Gasteiger partial charge in [-0.25, -0.2) is 0 Å². The first-order valence-corrected chi connectivity index (χ1v) is 9.14. The number of benzene rings is 2. The first-order chi connectivity index (χ1) is 11.0. The summed E-state index contributed by atoms with van der Waals surface area (Å²) in [5.74, 6) is 0.353. The highest BCUT2D eigenvalue weighted by atomic mass is 32.2. The van der Waals surface area contributed by atoms with Crippen LogP contribution in [-0.2, 0) is 16.5 Å². The average Bonchev–Trinajstić information content (AvgIpc) is 2.50. The van der Waals surface area contributed by atoms with E-state index >= 15 is 0 Å². The van der Waals surface area contributed by atoms with Gasteiger partial charge in [0.2, 0.25) is 0 Å². The van der Waals surface area contributed by atoms with E-state index in [1.54, 1.807) is 37.3 Å². The van der Waals surface area contributed by atoms with E-state index in [1.807, 2.05) is 31.2 Å². The third kappa shape index (κ3) is 4.23. The van der Waals surface area contributed by atoms with E-state index in [9.17, 15) is 8.42 Å². The molecule has 0 unspecified atom stereocenters. The van der Waals surface area contributed by atoms with E-state index < -0.39 is 10.1 Å². The lowest BCUT2D eigenvalue weighted by atomic mass is 10.1. The second-order valence-electron chi connectivity index (χ2n) is 5.43. The van der Waals surface area contributed by atoms with Crippen LogP contribution in [0.5, 0.6) is 5.75 Å². The summed E-state index contributed by atoms with van der Waals surface area (Å²) in [5, 5.41) is 0. The van der Waals surface area contributed by atoms with Crippen molar-refractivity contribution in [3.05, 3.63) is 65.2 Å². The van der Waals surface area contributed by atoms with Gasteiger partial charge in [-0.15, -0.1) is 0 Å². The minimum Gasteiger partial charge on any atom is -0.378 e. The normalized spacial score (nSPS) is 11.8. The van der Waals surface area contributed by atoms with Crippen molar-refractivity contribution < 1.29 is 12.6 Å². The summed E-state index contributed by atoms with van der Waals surface area (Å²) in [7, 11) is -3.84. The largest absolute Gasteiger partial charge is 0.378 e. The molecule has 0 atom stereocenters. The SMILES string of the molecule is CC=Cc1cc(CCC)ccc1OS(=O)(=O)c1ccccc1C. The van der Waals surface area contributed by atoms with Crippen LogP contribution in [0, 0.1) is 6.92 Å². The second kappa shape index (κ2) is 7.47. The van der Waals surface area contributed by atoms with E-state index in [4.69, 9.17) is 4.18 Å². The molecule has 0 N–H and O–H groups in total. The number of hydrogen-bond acceptors (Lipinski definition) is 3. The van der Waals surface area contributed by atoms with Crippen LogP contribution in [0.1, 0.15) is 37.0 Å². The Balaban J connectivity index is 2.41. The molecule has 23 heavy (non-hydrogen) atoms. The fraction of sp³-hybridized carbons (Fsp3) is 0.263. The molecule has 2 rings (SSSR count). The zero-order valence-electron chi connectivity index (χ0n) is 13.7. The summed E-state index contributed by atoms with van der Waals surface area (Å²) in [6.07, 6.45) is 5.73. The highest BCUT2D eigenvalue weighted by molar-refractivity contribution is 7.87. The topological polar surface area (TPSA) is 43.4 Å². The average molecular weight is 330 g/mol. The summed E-state index contributed by atoms with van der Waals surface area (Å²) in [6, 6.07) is 12.4. The van der Waals surface area contributed by atoms with Gasteiger partial charge in [0.25, 0.3) is 0 Å². The molecule has 122 valence electrons. The molecular weight excluding hydrogens is 308 g/mol. The van der Waals surface area contributed by atoms with Crippen LogP contribution in [-0.4, -0.2) is 8.42 Å². The third-order valence-electron chi connectivity index (χ3n) is 3.52. The summed E-state index contributed by atoms with van der Waals surface area (Å²) >= 11 is 0. The zero-order valence-corrected chi connectivity index (χ0v) is 14.6. The molecule has 0 aliphatic rings. The molecule has 0 fully saturated rings. The van der Waals surface area contributed by atoms with E-state index in [1.165, 1.54) is 5.56 Å². The van der Waals surface area contributed by atoms with Crippen LogP contribution < -0.4 is 4.18 Å². The fourth-order valence-corrected chi connectivity index (χ4v) is 3.61. The molecule has 0 aliphatic carbocycles. The minimum atomic E-state index is -3.84. The van der Waals surface area contributed by atoms with Crippen molar-refractivity contribution in [2.45, 2.75) is 38.5 Å². The van der Waals surface area contributed by atoms with Crippen LogP contribution in [0.25, 0.3) is 6.08 Å². The van der Waals surface area contributed by atoms with Gasteiger partial charge >= 0.3 is 10.1 Å². The lowest BCUT2D eigenvalue weighted by Crippen LogP contribution is -2.12. The molecule has 0 heterocycles. The molecule has 0 radical (unpaired) electrons. The van der Waals surface area contributed by atoms with Crippen LogP contribution >= 0.6 is 0 Å². The molecule has 0 saturated heterocycles. The maximum absolute atomic E-state index is 12.5. The van der Waals surface area contributed by atoms with Crippen molar-refractivity contribution in [1.82, 2.24) is 0 Å². The number of aryl methyl sites for hydroxylation is 2. The first kappa shape index (κ1) is 17.3. The molecule has 0 aromatic heterocycles. The Morgan fingerprint density at radius 3 is 2.52 bits per heavy atom. The van der Waals surface area contributed by atoms with Crippen molar-refractivity contribution in [2.75, 3.05) is 0 Å². The van der Waals surface area contributed by atoms with Crippen molar-refractivity contribution in [3.8, 4) is 5.75 Å². The van der Waals surface area contributed by atoms with E-state index in [2.05, 4.69) is 6.92 Å². The fourth-order valence-electron chi connectivity index (χ4n) is 2.43. The number of allylic oxidation sites excluding steroid dienone is 1. The molecule has 0 aliphatic heterocycles. The Kier molecular flexibility index (Phi) is 5.61. The number of rotatable bonds is 6. The smallest absolute Gasteiger partial charge is 0.339 e. The molecule has 4 heteroatoms. The maximum atomic E-state index is 12.5. The van der Waals surface area contributed by atoms with Gasteiger partial charge in [0, 0.05) is 5.56 Å². The van der Waals surface area contributed by atoms with Crippen molar-refractivity contribution in [3.63, 3.8) is 0 Å². The van der Waals surface area contributed by atoms with E-state index in [-0.39, 0.29) is 4.90 Å². The van der Waals surface area contributed by atoms with Gasteiger partial charge in [-0.1, -0.05) is 49.8 Å². The van der Waals surface area contributed by atoms with Gasteiger partial charge in [-0.2, -0.15) is 8.42 Å². The van der Waals surface area contributed by atoms with E-state index in [0.717, 1.165) is 18.4 Å². The Hall–Kier alpha value is -2.07. The third-order valence-corrected chi connectivity index (χ3v) is 4.92. The van der Waals surface area contributed by atoms with Crippen molar-refractivity contribution in [1.29, 1.82) is 0 Å². The Morgan fingerprint density at radius 1 is 1.13 bits per heavy atom. The molecule has 2 aromatic carbocycles. The van der Waals surface area contributed by atoms with Gasteiger partial charge in [-0.05, 0) is 49.6 Å². The summed E-state index contributed by atoms with van der Waals surface area (Å²) in [5.41, 5.74) is 2.61. The maximum Gasteiger partial charge on any atom is 0.339 e. The van der Waals surface area contributed by atoms with Gasteiger partial charge < -0.3 is 4.18 Å². The predicted octanol–water partition coefficient (Wildman–Crippen LogP) is 4.75. The molecular formula is C19H22O3S. The molecule has 0 bridgehead atoms. The Labute approximate surface area is 138 Å². The summed E-state index contributed by atoms with van der Waals surface area (Å²) in [4.78, 5) is 0.198. The summed E-state index contributed by atoms with van der Waals surface area (Å²) < 4.78 is 30.5. The Morgan fingerprint density at radius 2 is 1.87 bits per heavy atom. The molecule has 0 spiro atoms. The monoisotopic (exact) mass is 330 g/mol. The first-order valence-electron chi connectivity index (χ1n) is 7.73. The Bertz CT molecular complexity index is 805. The second-order valence-corrected chi connectivity index (χ2v) is 6.94. The highest BCUT2D eigenvalue weighted by Crippen LogP contribution is 2.27. The van der Waals surface area contributed by atoms with Gasteiger partial charge in [0.05, 0.1) is 0 Å². The molecule has 0 saturated carbocycles. The van der Waals surface area contributed by atoms with Crippen LogP contribution in [0.4, 0.5) is 0 Å². The lowest BCUT2D eigenvalue weighted by molar-refractivity contribution is 0.485. The van der Waals surface area contributed by atoms with Gasteiger partial charge in [-0.3, -0.25) is 0 Å². The molecule has 3 nitrogen and oxygen atoms in total.